The quantitative estimate of drug-likeness (QED) is 0.792. The Kier molecular flexibility index (Phi) is 6.01. The number of ether oxygens (including phenoxy) is 2. The van der Waals surface area contributed by atoms with Crippen LogP contribution in [0.25, 0.3) is 11.0 Å². The number of nitrogens with one attached hydrogen (secondary N) is 1. The number of carbonyl (C=O) groups is 1. The van der Waals surface area contributed by atoms with Gasteiger partial charge in [0.1, 0.15) is 0 Å². The van der Waals surface area contributed by atoms with Gasteiger partial charge < -0.3 is 14.8 Å². The number of aromatic nitrogens is 2. The zero-order valence-electron chi connectivity index (χ0n) is 14.0. The molecule has 1 aromatic carbocycles. The molecule has 6 nitrogen and oxygen atoms in total. The third-order valence-corrected chi connectivity index (χ3v) is 3.71. The molecule has 2 rings (SSSR count). The summed E-state index contributed by atoms with van der Waals surface area (Å²) >= 11 is 0. The molecule has 1 heterocycles. The number of nitrogens with zero attached hydrogens (tertiary/aromatic N) is 2. The number of hydrogen-bond donors (Lipinski definition) is 1. The van der Waals surface area contributed by atoms with Gasteiger partial charge in [-0.05, 0) is 31.0 Å². The van der Waals surface area contributed by atoms with Crippen molar-refractivity contribution in [1.29, 1.82) is 0 Å². The first-order chi connectivity index (χ1) is 11.1. The molecule has 0 saturated heterocycles. The van der Waals surface area contributed by atoms with Crippen molar-refractivity contribution in [2.75, 3.05) is 20.8 Å². The molecule has 6 heteroatoms. The van der Waals surface area contributed by atoms with Crippen LogP contribution in [0.5, 0.6) is 0 Å². The standard InChI is InChI=1S/C17H23N3O3/c1-5-12-13(6-2)20-15-9-11(7-8-14(15)19-12)17(21)18-10-16(22-3)23-4/h7-9,16H,5-6,10H2,1-4H3,(H,18,21). The smallest absolute Gasteiger partial charge is 0.251 e. The Morgan fingerprint density at radius 3 is 2.26 bits per heavy atom. The van der Waals surface area contributed by atoms with Gasteiger partial charge in [-0.2, -0.15) is 0 Å². The average molecular weight is 317 g/mol. The Hall–Kier alpha value is -2.05. The summed E-state index contributed by atoms with van der Waals surface area (Å²) in [6, 6.07) is 5.36. The third kappa shape index (κ3) is 4.03. The van der Waals surface area contributed by atoms with E-state index in [2.05, 4.69) is 29.1 Å². The predicted molar refractivity (Wildman–Crippen MR) is 88.4 cm³/mol. The van der Waals surface area contributed by atoms with E-state index in [1.165, 1.54) is 14.2 Å². The van der Waals surface area contributed by atoms with Crippen LogP contribution in [0.15, 0.2) is 18.2 Å². The Labute approximate surface area is 136 Å². The second-order valence-corrected chi connectivity index (χ2v) is 5.14. The molecule has 23 heavy (non-hydrogen) atoms. The lowest BCUT2D eigenvalue weighted by molar-refractivity contribution is -0.0974. The summed E-state index contributed by atoms with van der Waals surface area (Å²) in [5.74, 6) is -0.189. The molecule has 124 valence electrons. The summed E-state index contributed by atoms with van der Waals surface area (Å²) in [5, 5.41) is 2.78. The van der Waals surface area contributed by atoms with Gasteiger partial charge in [-0.15, -0.1) is 0 Å². The van der Waals surface area contributed by atoms with Crippen LogP contribution in [0.4, 0.5) is 0 Å². The topological polar surface area (TPSA) is 73.3 Å². The van der Waals surface area contributed by atoms with Gasteiger partial charge in [0, 0.05) is 19.8 Å². The fourth-order valence-corrected chi connectivity index (χ4v) is 2.38. The number of hydrogen-bond acceptors (Lipinski definition) is 5. The second-order valence-electron chi connectivity index (χ2n) is 5.14. The van der Waals surface area contributed by atoms with Crippen LogP contribution in [0, 0.1) is 0 Å². The molecule has 0 saturated carbocycles. The van der Waals surface area contributed by atoms with Crippen molar-refractivity contribution in [3.05, 3.63) is 35.2 Å². The maximum Gasteiger partial charge on any atom is 0.251 e. The maximum atomic E-state index is 12.2. The first kappa shape index (κ1) is 17.3. The van der Waals surface area contributed by atoms with Crippen LogP contribution < -0.4 is 5.32 Å². The molecule has 0 spiro atoms. The molecular weight excluding hydrogens is 294 g/mol. The van der Waals surface area contributed by atoms with E-state index in [1.54, 1.807) is 12.1 Å². The fourth-order valence-electron chi connectivity index (χ4n) is 2.38. The number of rotatable bonds is 7. The lowest BCUT2D eigenvalue weighted by atomic mass is 10.1. The molecule has 0 aliphatic rings. The summed E-state index contributed by atoms with van der Waals surface area (Å²) < 4.78 is 10.1. The lowest BCUT2D eigenvalue weighted by Gasteiger charge is -2.14. The number of methoxy groups -OCH3 is 2. The van der Waals surface area contributed by atoms with Gasteiger partial charge in [0.05, 0.1) is 29.0 Å². The van der Waals surface area contributed by atoms with Crippen LogP contribution in [-0.4, -0.2) is 42.9 Å². The molecule has 0 unspecified atom stereocenters. The maximum absolute atomic E-state index is 12.2. The van der Waals surface area contributed by atoms with E-state index in [4.69, 9.17) is 9.47 Å². The monoisotopic (exact) mass is 317 g/mol. The van der Waals surface area contributed by atoms with E-state index < -0.39 is 6.29 Å². The van der Waals surface area contributed by atoms with Crippen molar-refractivity contribution < 1.29 is 14.3 Å². The number of benzene rings is 1. The predicted octanol–water partition coefficient (Wildman–Crippen LogP) is 2.10. The minimum atomic E-state index is -0.460. The van der Waals surface area contributed by atoms with E-state index in [0.29, 0.717) is 5.56 Å². The second kappa shape index (κ2) is 7.99. The molecular formula is C17H23N3O3. The first-order valence-electron chi connectivity index (χ1n) is 7.76. The van der Waals surface area contributed by atoms with E-state index in [1.807, 2.05) is 6.07 Å². The number of aryl methyl sites for hydroxylation is 2. The largest absolute Gasteiger partial charge is 0.354 e. The van der Waals surface area contributed by atoms with E-state index >= 15 is 0 Å². The highest BCUT2D eigenvalue weighted by atomic mass is 16.7. The summed E-state index contributed by atoms with van der Waals surface area (Å²) in [4.78, 5) is 21.5. The van der Waals surface area contributed by atoms with E-state index in [9.17, 15) is 4.79 Å². The Morgan fingerprint density at radius 2 is 1.70 bits per heavy atom. The van der Waals surface area contributed by atoms with Gasteiger partial charge in [-0.1, -0.05) is 13.8 Å². The molecule has 2 aromatic rings. The summed E-state index contributed by atoms with van der Waals surface area (Å²) in [5.41, 5.74) is 4.09. The van der Waals surface area contributed by atoms with Crippen molar-refractivity contribution in [2.24, 2.45) is 0 Å². The highest BCUT2D eigenvalue weighted by Gasteiger charge is 2.12. The van der Waals surface area contributed by atoms with Gasteiger partial charge >= 0.3 is 0 Å². The Balaban J connectivity index is 2.23. The molecule has 0 aliphatic carbocycles. The summed E-state index contributed by atoms with van der Waals surface area (Å²) in [6.07, 6.45) is 1.22. The lowest BCUT2D eigenvalue weighted by Crippen LogP contribution is -2.34. The van der Waals surface area contributed by atoms with Crippen molar-refractivity contribution >= 4 is 16.9 Å². The van der Waals surface area contributed by atoms with Crippen molar-refractivity contribution in [3.8, 4) is 0 Å². The fraction of sp³-hybridized carbons (Fsp3) is 0.471. The summed E-state index contributed by atoms with van der Waals surface area (Å²) in [6.45, 7) is 4.41. The molecule has 1 aromatic heterocycles. The third-order valence-electron chi connectivity index (χ3n) is 3.71. The molecule has 0 aliphatic heterocycles. The highest BCUT2D eigenvalue weighted by Crippen LogP contribution is 2.16. The summed E-state index contributed by atoms with van der Waals surface area (Å²) in [7, 11) is 3.06. The van der Waals surface area contributed by atoms with Gasteiger partial charge in [0.2, 0.25) is 0 Å². The van der Waals surface area contributed by atoms with Crippen molar-refractivity contribution in [1.82, 2.24) is 15.3 Å². The first-order valence-corrected chi connectivity index (χ1v) is 7.76. The van der Waals surface area contributed by atoms with E-state index in [0.717, 1.165) is 35.3 Å². The van der Waals surface area contributed by atoms with Crippen molar-refractivity contribution in [2.45, 2.75) is 33.0 Å². The van der Waals surface area contributed by atoms with Gasteiger partial charge in [0.25, 0.3) is 5.91 Å². The number of fused-ring (bicyclic) bond motifs is 1. The van der Waals surface area contributed by atoms with Gasteiger partial charge in [0.15, 0.2) is 6.29 Å². The molecule has 1 N–H and O–H groups in total. The van der Waals surface area contributed by atoms with Crippen LogP contribution in [0.3, 0.4) is 0 Å². The average Bonchev–Trinajstić information content (AvgIpc) is 2.60. The molecule has 0 bridgehead atoms. The van der Waals surface area contributed by atoms with Crippen LogP contribution in [0.1, 0.15) is 35.6 Å². The minimum absolute atomic E-state index is 0.189. The molecule has 0 fully saturated rings. The van der Waals surface area contributed by atoms with Crippen LogP contribution in [0.2, 0.25) is 0 Å². The van der Waals surface area contributed by atoms with Crippen LogP contribution in [-0.2, 0) is 22.3 Å². The molecule has 1 amide bonds. The minimum Gasteiger partial charge on any atom is -0.354 e. The van der Waals surface area contributed by atoms with Crippen LogP contribution >= 0.6 is 0 Å². The van der Waals surface area contributed by atoms with E-state index in [-0.39, 0.29) is 12.5 Å². The normalized spacial score (nSPS) is 11.2. The number of amides is 1. The molecule has 0 radical (unpaired) electrons. The van der Waals surface area contributed by atoms with Gasteiger partial charge in [-0.25, -0.2) is 9.97 Å². The Morgan fingerprint density at radius 1 is 1.09 bits per heavy atom. The Bertz CT molecular complexity index is 684. The zero-order chi connectivity index (χ0) is 16.8. The highest BCUT2D eigenvalue weighted by molar-refractivity contribution is 5.97. The van der Waals surface area contributed by atoms with Crippen molar-refractivity contribution in [3.63, 3.8) is 0 Å². The van der Waals surface area contributed by atoms with Gasteiger partial charge in [-0.3, -0.25) is 4.79 Å². The number of carbonyl (C=O) groups excluding carboxylic acids is 1. The SMILES string of the molecule is CCc1nc2ccc(C(=O)NCC(OC)OC)cc2nc1CC. The molecule has 0 atom stereocenters. The zero-order valence-corrected chi connectivity index (χ0v) is 14.0.